The fourth-order valence-electron chi connectivity index (χ4n) is 3.56. The standard InChI is InChI=1S/C18H24N8/c1-19-18(25-10-7-14(13-25)15-11-21-24(2)12-15)20-8-6-17-23-22-16-5-3-4-9-26(16)17/h3-5,9,11-12,14H,6-8,10,13H2,1-2H3,(H,19,20). The minimum absolute atomic E-state index is 0.516. The number of likely N-dealkylation sites (tertiary alicyclic amines) is 1. The van der Waals surface area contributed by atoms with Crippen LogP contribution in [-0.4, -0.2) is 61.9 Å². The third-order valence-corrected chi connectivity index (χ3v) is 4.91. The average molecular weight is 352 g/mol. The Balaban J connectivity index is 1.34. The predicted octanol–water partition coefficient (Wildman–Crippen LogP) is 1.07. The Hall–Kier alpha value is -2.90. The first-order valence-corrected chi connectivity index (χ1v) is 8.97. The molecule has 3 aromatic rings. The SMILES string of the molecule is CN=C(NCCc1nnc2ccccn12)N1CCC(c2cnn(C)c2)C1. The van der Waals surface area contributed by atoms with Gasteiger partial charge in [0.05, 0.1) is 6.20 Å². The lowest BCUT2D eigenvalue weighted by Crippen LogP contribution is -2.40. The van der Waals surface area contributed by atoms with Crippen LogP contribution < -0.4 is 5.32 Å². The second-order valence-corrected chi connectivity index (χ2v) is 6.65. The molecule has 3 aromatic heterocycles. The minimum Gasteiger partial charge on any atom is -0.356 e. The fraction of sp³-hybridized carbons (Fsp3) is 0.444. The summed E-state index contributed by atoms with van der Waals surface area (Å²) >= 11 is 0. The van der Waals surface area contributed by atoms with Crippen LogP contribution in [0.4, 0.5) is 0 Å². The summed E-state index contributed by atoms with van der Waals surface area (Å²) in [5, 5.41) is 16.2. The van der Waals surface area contributed by atoms with E-state index in [4.69, 9.17) is 0 Å². The van der Waals surface area contributed by atoms with Crippen LogP contribution in [-0.2, 0) is 13.5 Å². The molecule has 0 aromatic carbocycles. The van der Waals surface area contributed by atoms with Crippen molar-refractivity contribution in [2.75, 3.05) is 26.7 Å². The van der Waals surface area contributed by atoms with Gasteiger partial charge >= 0.3 is 0 Å². The Labute approximate surface area is 152 Å². The highest BCUT2D eigenvalue weighted by atomic mass is 15.3. The van der Waals surface area contributed by atoms with Crippen molar-refractivity contribution >= 4 is 11.6 Å². The summed E-state index contributed by atoms with van der Waals surface area (Å²) in [5.41, 5.74) is 2.19. The number of guanidine groups is 1. The fourth-order valence-corrected chi connectivity index (χ4v) is 3.56. The lowest BCUT2D eigenvalue weighted by molar-refractivity contribution is 0.486. The zero-order chi connectivity index (χ0) is 17.9. The Morgan fingerprint density at radius 1 is 1.35 bits per heavy atom. The Bertz CT molecular complexity index is 909. The van der Waals surface area contributed by atoms with Gasteiger partial charge in [-0.25, -0.2) is 0 Å². The molecule has 1 aliphatic rings. The first-order chi connectivity index (χ1) is 12.7. The largest absolute Gasteiger partial charge is 0.356 e. The van der Waals surface area contributed by atoms with E-state index in [9.17, 15) is 0 Å². The number of hydrogen-bond acceptors (Lipinski definition) is 4. The van der Waals surface area contributed by atoms with Crippen LogP contribution >= 0.6 is 0 Å². The zero-order valence-electron chi connectivity index (χ0n) is 15.2. The van der Waals surface area contributed by atoms with E-state index in [0.29, 0.717) is 5.92 Å². The summed E-state index contributed by atoms with van der Waals surface area (Å²) in [5.74, 6) is 2.42. The van der Waals surface area contributed by atoms with Gasteiger partial charge in [0, 0.05) is 58.5 Å². The molecular formula is C18H24N8. The maximum Gasteiger partial charge on any atom is 0.193 e. The molecule has 0 bridgehead atoms. The Morgan fingerprint density at radius 3 is 3.08 bits per heavy atom. The van der Waals surface area contributed by atoms with E-state index in [1.165, 1.54) is 5.56 Å². The number of hydrogen-bond donors (Lipinski definition) is 1. The van der Waals surface area contributed by atoms with Crippen molar-refractivity contribution in [2.45, 2.75) is 18.8 Å². The second-order valence-electron chi connectivity index (χ2n) is 6.65. The number of aliphatic imine (C=N–C) groups is 1. The van der Waals surface area contributed by atoms with Crippen molar-refractivity contribution in [3.05, 3.63) is 48.2 Å². The quantitative estimate of drug-likeness (QED) is 0.561. The molecule has 1 saturated heterocycles. The van der Waals surface area contributed by atoms with Gasteiger partial charge in [0.25, 0.3) is 0 Å². The van der Waals surface area contributed by atoms with E-state index < -0.39 is 0 Å². The van der Waals surface area contributed by atoms with E-state index in [0.717, 1.165) is 49.9 Å². The number of aromatic nitrogens is 5. The van der Waals surface area contributed by atoms with Crippen LogP contribution in [0.2, 0.25) is 0 Å². The number of nitrogens with one attached hydrogen (secondary N) is 1. The van der Waals surface area contributed by atoms with Crippen molar-refractivity contribution in [3.63, 3.8) is 0 Å². The molecular weight excluding hydrogens is 328 g/mol. The molecule has 1 fully saturated rings. The van der Waals surface area contributed by atoms with E-state index in [-0.39, 0.29) is 0 Å². The number of nitrogens with zero attached hydrogens (tertiary/aromatic N) is 7. The molecule has 0 spiro atoms. The summed E-state index contributed by atoms with van der Waals surface area (Å²) in [6.45, 7) is 2.75. The molecule has 1 N–H and O–H groups in total. The van der Waals surface area contributed by atoms with Gasteiger partial charge < -0.3 is 10.2 Å². The molecule has 1 unspecified atom stereocenters. The summed E-state index contributed by atoms with van der Waals surface area (Å²) in [4.78, 5) is 6.77. The first-order valence-electron chi connectivity index (χ1n) is 8.97. The number of rotatable bonds is 4. The lowest BCUT2D eigenvalue weighted by Gasteiger charge is -2.21. The van der Waals surface area contributed by atoms with Crippen molar-refractivity contribution in [1.82, 2.24) is 34.6 Å². The van der Waals surface area contributed by atoms with Crippen LogP contribution in [0.5, 0.6) is 0 Å². The van der Waals surface area contributed by atoms with Crippen LogP contribution in [0.3, 0.4) is 0 Å². The summed E-state index contributed by atoms with van der Waals surface area (Å²) in [6.07, 6.45) is 8.01. The highest BCUT2D eigenvalue weighted by Crippen LogP contribution is 2.26. The highest BCUT2D eigenvalue weighted by Gasteiger charge is 2.26. The van der Waals surface area contributed by atoms with Crippen LogP contribution in [0.25, 0.3) is 5.65 Å². The number of fused-ring (bicyclic) bond motifs is 1. The maximum absolute atomic E-state index is 4.45. The maximum atomic E-state index is 4.45. The van der Waals surface area contributed by atoms with E-state index in [2.05, 4.69) is 36.7 Å². The Kier molecular flexibility index (Phi) is 4.55. The van der Waals surface area contributed by atoms with E-state index in [1.807, 2.05) is 53.8 Å². The molecule has 0 aliphatic carbocycles. The molecule has 0 radical (unpaired) electrons. The van der Waals surface area contributed by atoms with E-state index >= 15 is 0 Å². The summed E-state index contributed by atoms with van der Waals surface area (Å²) < 4.78 is 3.90. The topological polar surface area (TPSA) is 75.6 Å². The van der Waals surface area contributed by atoms with Crippen molar-refractivity contribution in [3.8, 4) is 0 Å². The monoisotopic (exact) mass is 352 g/mol. The third kappa shape index (κ3) is 3.26. The highest BCUT2D eigenvalue weighted by molar-refractivity contribution is 5.80. The van der Waals surface area contributed by atoms with Gasteiger partial charge in [-0.1, -0.05) is 6.07 Å². The molecule has 1 aliphatic heterocycles. The van der Waals surface area contributed by atoms with Gasteiger partial charge in [-0.3, -0.25) is 14.1 Å². The van der Waals surface area contributed by atoms with Gasteiger partial charge in [-0.05, 0) is 24.1 Å². The van der Waals surface area contributed by atoms with Crippen molar-refractivity contribution < 1.29 is 0 Å². The summed E-state index contributed by atoms with van der Waals surface area (Å²) in [6, 6.07) is 5.93. The van der Waals surface area contributed by atoms with Gasteiger partial charge in [-0.2, -0.15) is 5.10 Å². The molecule has 0 saturated carbocycles. The van der Waals surface area contributed by atoms with Crippen LogP contribution in [0, 0.1) is 0 Å². The molecule has 8 nitrogen and oxygen atoms in total. The smallest absolute Gasteiger partial charge is 0.193 e. The molecule has 4 heterocycles. The number of pyridine rings is 1. The molecule has 1 atom stereocenters. The zero-order valence-corrected chi connectivity index (χ0v) is 15.2. The predicted molar refractivity (Wildman–Crippen MR) is 100 cm³/mol. The average Bonchev–Trinajstić information content (AvgIpc) is 3.38. The molecule has 26 heavy (non-hydrogen) atoms. The summed E-state index contributed by atoms with van der Waals surface area (Å²) in [7, 11) is 3.80. The molecule has 8 heteroatoms. The first kappa shape index (κ1) is 16.6. The molecule has 4 rings (SSSR count). The Morgan fingerprint density at radius 2 is 2.27 bits per heavy atom. The van der Waals surface area contributed by atoms with Crippen LogP contribution in [0.1, 0.15) is 23.7 Å². The third-order valence-electron chi connectivity index (χ3n) is 4.91. The molecule has 0 amide bonds. The molecule has 136 valence electrons. The van der Waals surface area contributed by atoms with Crippen molar-refractivity contribution in [2.24, 2.45) is 12.0 Å². The second kappa shape index (κ2) is 7.15. The minimum atomic E-state index is 0.516. The lowest BCUT2D eigenvalue weighted by atomic mass is 10.0. The van der Waals surface area contributed by atoms with Crippen molar-refractivity contribution in [1.29, 1.82) is 0 Å². The van der Waals surface area contributed by atoms with Gasteiger partial charge in [0.1, 0.15) is 5.82 Å². The van der Waals surface area contributed by atoms with Gasteiger partial charge in [0.15, 0.2) is 11.6 Å². The van der Waals surface area contributed by atoms with Crippen LogP contribution in [0.15, 0.2) is 41.8 Å². The number of aryl methyl sites for hydroxylation is 1. The van der Waals surface area contributed by atoms with Gasteiger partial charge in [-0.15, -0.1) is 10.2 Å². The normalized spacial score (nSPS) is 18.0. The van der Waals surface area contributed by atoms with Gasteiger partial charge in [0.2, 0.25) is 0 Å². The van der Waals surface area contributed by atoms with E-state index in [1.54, 1.807) is 0 Å².